The SMILES string of the molecule is COC(=O)c1c(S(=O)(=O)Nc2cccc(C)c2)sc2c1CCN(C(=O)CCC(C)C)C2. The Hall–Kier alpha value is -2.39. The number of ether oxygens (including phenoxy) is 1. The molecule has 0 aliphatic carbocycles. The highest BCUT2D eigenvalue weighted by molar-refractivity contribution is 7.94. The molecule has 1 N–H and O–H groups in total. The Morgan fingerprint density at radius 3 is 2.68 bits per heavy atom. The van der Waals surface area contributed by atoms with Gasteiger partial charge < -0.3 is 9.64 Å². The fourth-order valence-electron chi connectivity index (χ4n) is 3.57. The van der Waals surface area contributed by atoms with Gasteiger partial charge in [-0.1, -0.05) is 26.0 Å². The molecule has 0 atom stereocenters. The van der Waals surface area contributed by atoms with Crippen LogP contribution in [0.5, 0.6) is 0 Å². The van der Waals surface area contributed by atoms with Crippen LogP contribution in [0.2, 0.25) is 0 Å². The number of esters is 1. The molecule has 1 aromatic heterocycles. The lowest BCUT2D eigenvalue weighted by Crippen LogP contribution is -2.35. The molecule has 1 aromatic carbocycles. The van der Waals surface area contributed by atoms with E-state index in [9.17, 15) is 18.0 Å². The molecule has 0 saturated heterocycles. The van der Waals surface area contributed by atoms with Gasteiger partial charge in [0.05, 0.1) is 19.2 Å². The summed E-state index contributed by atoms with van der Waals surface area (Å²) >= 11 is 1.04. The van der Waals surface area contributed by atoms with E-state index >= 15 is 0 Å². The highest BCUT2D eigenvalue weighted by atomic mass is 32.2. The summed E-state index contributed by atoms with van der Waals surface area (Å²) in [5.74, 6) is -0.197. The van der Waals surface area contributed by atoms with E-state index in [0.717, 1.165) is 23.3 Å². The van der Waals surface area contributed by atoms with Crippen molar-refractivity contribution in [3.8, 4) is 0 Å². The first-order valence-electron chi connectivity index (χ1n) is 10.2. The minimum atomic E-state index is -4.00. The monoisotopic (exact) mass is 464 g/mol. The van der Waals surface area contributed by atoms with Gasteiger partial charge in [-0.05, 0) is 48.9 Å². The van der Waals surface area contributed by atoms with E-state index in [1.165, 1.54) is 7.11 Å². The van der Waals surface area contributed by atoms with Crippen LogP contribution in [0.4, 0.5) is 5.69 Å². The fourth-order valence-corrected chi connectivity index (χ4v) is 6.52. The van der Waals surface area contributed by atoms with Crippen molar-refractivity contribution in [1.29, 1.82) is 0 Å². The molecule has 0 bridgehead atoms. The van der Waals surface area contributed by atoms with Crippen molar-refractivity contribution in [1.82, 2.24) is 4.90 Å². The van der Waals surface area contributed by atoms with Crippen LogP contribution in [0.1, 0.15) is 53.1 Å². The molecule has 1 amide bonds. The van der Waals surface area contributed by atoms with Crippen molar-refractivity contribution in [3.05, 3.63) is 45.8 Å². The summed E-state index contributed by atoms with van der Waals surface area (Å²) in [5, 5.41) is 0. The maximum Gasteiger partial charge on any atom is 0.340 e. The second-order valence-corrected chi connectivity index (χ2v) is 11.1. The van der Waals surface area contributed by atoms with Crippen LogP contribution >= 0.6 is 11.3 Å². The van der Waals surface area contributed by atoms with Crippen LogP contribution in [0.3, 0.4) is 0 Å². The molecular weight excluding hydrogens is 436 g/mol. The highest BCUT2D eigenvalue weighted by Crippen LogP contribution is 2.37. The number of aryl methyl sites for hydroxylation is 1. The number of methoxy groups -OCH3 is 1. The van der Waals surface area contributed by atoms with Gasteiger partial charge in [-0.3, -0.25) is 9.52 Å². The third-order valence-corrected chi connectivity index (χ3v) is 8.33. The number of carbonyl (C=O) groups is 2. The van der Waals surface area contributed by atoms with Crippen molar-refractivity contribution in [2.24, 2.45) is 5.92 Å². The fraction of sp³-hybridized carbons (Fsp3) is 0.455. The van der Waals surface area contributed by atoms with Crippen LogP contribution < -0.4 is 4.72 Å². The number of benzene rings is 1. The molecule has 0 unspecified atom stereocenters. The number of anilines is 1. The van der Waals surface area contributed by atoms with E-state index in [-0.39, 0.29) is 15.7 Å². The summed E-state index contributed by atoms with van der Waals surface area (Å²) < 4.78 is 33.7. The Kier molecular flexibility index (Phi) is 7.06. The summed E-state index contributed by atoms with van der Waals surface area (Å²) in [6.45, 7) is 6.77. The third kappa shape index (κ3) is 5.27. The number of sulfonamides is 1. The van der Waals surface area contributed by atoms with Crippen molar-refractivity contribution in [3.63, 3.8) is 0 Å². The molecule has 0 spiro atoms. The molecule has 2 aromatic rings. The summed E-state index contributed by atoms with van der Waals surface area (Å²) in [7, 11) is -2.77. The molecule has 168 valence electrons. The number of amides is 1. The molecule has 1 aliphatic heterocycles. The van der Waals surface area contributed by atoms with Crippen LogP contribution in [0, 0.1) is 12.8 Å². The predicted octanol–water partition coefficient (Wildman–Crippen LogP) is 3.96. The minimum Gasteiger partial charge on any atom is -0.465 e. The normalized spacial score (nSPS) is 13.8. The molecule has 9 heteroatoms. The maximum atomic E-state index is 13.2. The lowest BCUT2D eigenvalue weighted by atomic mass is 10.0. The summed E-state index contributed by atoms with van der Waals surface area (Å²) in [4.78, 5) is 27.6. The maximum absolute atomic E-state index is 13.2. The zero-order valence-electron chi connectivity index (χ0n) is 18.2. The number of rotatable bonds is 7. The summed E-state index contributed by atoms with van der Waals surface area (Å²) in [6, 6.07) is 7.00. The van der Waals surface area contributed by atoms with Crippen LogP contribution in [-0.2, 0) is 32.5 Å². The molecule has 0 radical (unpaired) electrons. The largest absolute Gasteiger partial charge is 0.465 e. The van der Waals surface area contributed by atoms with E-state index < -0.39 is 16.0 Å². The average Bonchev–Trinajstić information content (AvgIpc) is 3.11. The average molecular weight is 465 g/mol. The van der Waals surface area contributed by atoms with Gasteiger partial charge in [0.2, 0.25) is 5.91 Å². The third-order valence-electron chi connectivity index (χ3n) is 5.22. The lowest BCUT2D eigenvalue weighted by molar-refractivity contribution is -0.132. The Labute approximate surface area is 187 Å². The van der Waals surface area contributed by atoms with Gasteiger partial charge in [0.1, 0.15) is 0 Å². The van der Waals surface area contributed by atoms with Crippen LogP contribution in [0.25, 0.3) is 0 Å². The number of fused-ring (bicyclic) bond motifs is 1. The van der Waals surface area contributed by atoms with Crippen LogP contribution in [0.15, 0.2) is 28.5 Å². The predicted molar refractivity (Wildman–Crippen MR) is 121 cm³/mol. The van der Waals surface area contributed by atoms with Gasteiger partial charge in [-0.15, -0.1) is 11.3 Å². The molecular formula is C22H28N2O5S2. The van der Waals surface area contributed by atoms with Gasteiger partial charge in [-0.25, -0.2) is 13.2 Å². The van der Waals surface area contributed by atoms with Crippen molar-refractivity contribution in [2.45, 2.75) is 50.8 Å². The first-order valence-corrected chi connectivity index (χ1v) is 12.5. The number of thiophene rings is 1. The van der Waals surface area contributed by atoms with Crippen molar-refractivity contribution >= 4 is 38.9 Å². The quantitative estimate of drug-likeness (QED) is 0.626. The van der Waals surface area contributed by atoms with Crippen molar-refractivity contribution < 1.29 is 22.7 Å². The first-order chi connectivity index (χ1) is 14.6. The molecule has 7 nitrogen and oxygen atoms in total. The Bertz CT molecular complexity index is 1090. The van der Waals surface area contributed by atoms with Gasteiger partial charge >= 0.3 is 5.97 Å². The number of nitrogens with one attached hydrogen (secondary N) is 1. The smallest absolute Gasteiger partial charge is 0.340 e. The van der Waals surface area contributed by atoms with E-state index in [0.29, 0.717) is 48.0 Å². The zero-order valence-corrected chi connectivity index (χ0v) is 19.9. The Balaban J connectivity index is 1.94. The number of nitrogens with zero attached hydrogens (tertiary/aromatic N) is 1. The van der Waals surface area contributed by atoms with Gasteiger partial charge in [-0.2, -0.15) is 0 Å². The first kappa shape index (κ1) is 23.3. The second-order valence-electron chi connectivity index (χ2n) is 8.13. The number of carbonyl (C=O) groups excluding carboxylic acids is 2. The Morgan fingerprint density at radius 1 is 1.29 bits per heavy atom. The topological polar surface area (TPSA) is 92.8 Å². The van der Waals surface area contributed by atoms with E-state index in [2.05, 4.69) is 18.6 Å². The number of hydrogen-bond donors (Lipinski definition) is 1. The summed E-state index contributed by atoms with van der Waals surface area (Å²) in [6.07, 6.45) is 1.69. The van der Waals surface area contributed by atoms with Gasteiger partial charge in [0, 0.05) is 23.5 Å². The molecule has 0 saturated carbocycles. The molecule has 0 fully saturated rings. The second kappa shape index (κ2) is 9.40. The molecule has 3 rings (SSSR count). The van der Waals surface area contributed by atoms with E-state index in [1.54, 1.807) is 23.1 Å². The van der Waals surface area contributed by atoms with E-state index in [4.69, 9.17) is 4.74 Å². The van der Waals surface area contributed by atoms with Crippen LogP contribution in [-0.4, -0.2) is 38.8 Å². The van der Waals surface area contributed by atoms with E-state index in [1.807, 2.05) is 13.0 Å². The minimum absolute atomic E-state index is 0.0506. The van der Waals surface area contributed by atoms with Gasteiger partial charge in [0.25, 0.3) is 10.0 Å². The number of hydrogen-bond acceptors (Lipinski definition) is 6. The Morgan fingerprint density at radius 2 is 2.03 bits per heavy atom. The summed E-state index contributed by atoms with van der Waals surface area (Å²) in [5.41, 5.74) is 2.08. The molecule has 2 heterocycles. The molecule has 1 aliphatic rings. The van der Waals surface area contributed by atoms with Gasteiger partial charge in [0.15, 0.2) is 4.21 Å². The highest BCUT2D eigenvalue weighted by Gasteiger charge is 2.35. The standard InChI is InChI=1S/C22H28N2O5S2/c1-14(2)8-9-19(25)24-11-10-17-18(13-24)30-22(20(17)21(26)29-4)31(27,28)23-16-7-5-6-15(3)12-16/h5-7,12,14,23H,8-11,13H2,1-4H3. The lowest BCUT2D eigenvalue weighted by Gasteiger charge is -2.27. The zero-order chi connectivity index (χ0) is 22.8. The van der Waals surface area contributed by atoms with Crippen molar-refractivity contribution in [2.75, 3.05) is 18.4 Å². The molecule has 31 heavy (non-hydrogen) atoms.